The van der Waals surface area contributed by atoms with E-state index >= 15 is 0 Å². The standard InChI is InChI=1S/C22H30O2.C11H16O.CH4/c1-7-9-17-13(3)11-15(5)19(21(17)23)20-16(6)12-14(4)18(10-8-2)22(20)24;1-4-5-10-9(3)6-8(2)7-11(10)12;/h11-12,23-24H,7-10H2,1-6H3;6-7,12H,4-5H2,1-3H3;1H4. The van der Waals surface area contributed by atoms with Gasteiger partial charge in [0.25, 0.3) is 0 Å². The van der Waals surface area contributed by atoms with Crippen LogP contribution in [-0.2, 0) is 19.3 Å². The SMILES string of the molecule is C.CCCc1c(C)cc(C)c(-c2c(C)cc(C)c(CCC)c2O)c1O.CCCc1c(C)cc(C)cc1O. The molecule has 0 aliphatic rings. The predicted octanol–water partition coefficient (Wildman–Crippen LogP) is 9.50. The van der Waals surface area contributed by atoms with Crippen molar-refractivity contribution in [1.82, 2.24) is 0 Å². The van der Waals surface area contributed by atoms with Crippen LogP contribution in [0.5, 0.6) is 17.2 Å². The average molecular weight is 507 g/mol. The molecule has 0 bridgehead atoms. The van der Waals surface area contributed by atoms with Gasteiger partial charge in [-0.25, -0.2) is 0 Å². The monoisotopic (exact) mass is 506 g/mol. The van der Waals surface area contributed by atoms with Crippen molar-refractivity contribution >= 4 is 0 Å². The van der Waals surface area contributed by atoms with Crippen molar-refractivity contribution in [1.29, 1.82) is 0 Å². The smallest absolute Gasteiger partial charge is 0.127 e. The molecule has 0 saturated heterocycles. The molecule has 0 aliphatic carbocycles. The molecule has 0 heterocycles. The van der Waals surface area contributed by atoms with Crippen LogP contribution in [-0.4, -0.2) is 15.3 Å². The maximum atomic E-state index is 11.0. The van der Waals surface area contributed by atoms with Gasteiger partial charge in [-0.1, -0.05) is 65.7 Å². The largest absolute Gasteiger partial charge is 0.508 e. The Balaban J connectivity index is 0.000000445. The van der Waals surface area contributed by atoms with Gasteiger partial charge in [-0.05, 0) is 117 Å². The summed E-state index contributed by atoms with van der Waals surface area (Å²) in [6.07, 6.45) is 5.71. The van der Waals surface area contributed by atoms with E-state index in [1.165, 1.54) is 5.56 Å². The third-order valence-corrected chi connectivity index (χ3v) is 7.00. The highest BCUT2D eigenvalue weighted by Gasteiger charge is 2.21. The van der Waals surface area contributed by atoms with Crippen LogP contribution in [0.15, 0.2) is 24.3 Å². The molecule has 0 saturated carbocycles. The van der Waals surface area contributed by atoms with Crippen LogP contribution < -0.4 is 0 Å². The molecule has 0 atom stereocenters. The van der Waals surface area contributed by atoms with Gasteiger partial charge < -0.3 is 15.3 Å². The predicted molar refractivity (Wildman–Crippen MR) is 160 cm³/mol. The topological polar surface area (TPSA) is 60.7 Å². The molecule has 3 rings (SSSR count). The van der Waals surface area contributed by atoms with E-state index in [9.17, 15) is 15.3 Å². The quantitative estimate of drug-likeness (QED) is 0.299. The Bertz CT molecular complexity index is 1120. The van der Waals surface area contributed by atoms with Crippen LogP contribution in [0.25, 0.3) is 11.1 Å². The zero-order chi connectivity index (χ0) is 27.2. The van der Waals surface area contributed by atoms with Crippen molar-refractivity contribution in [2.75, 3.05) is 0 Å². The van der Waals surface area contributed by atoms with Crippen LogP contribution in [0, 0.1) is 41.5 Å². The fourth-order valence-electron chi connectivity index (χ4n) is 5.33. The Morgan fingerprint density at radius 1 is 0.486 bits per heavy atom. The molecule has 0 radical (unpaired) electrons. The zero-order valence-corrected chi connectivity index (χ0v) is 23.9. The minimum Gasteiger partial charge on any atom is -0.508 e. The summed E-state index contributed by atoms with van der Waals surface area (Å²) in [5, 5.41) is 31.5. The summed E-state index contributed by atoms with van der Waals surface area (Å²) < 4.78 is 0. The highest BCUT2D eigenvalue weighted by Crippen LogP contribution is 2.45. The molecule has 3 nitrogen and oxygen atoms in total. The lowest BCUT2D eigenvalue weighted by atomic mass is 9.86. The first-order valence-electron chi connectivity index (χ1n) is 13.4. The van der Waals surface area contributed by atoms with E-state index in [1.807, 2.05) is 40.7 Å². The first-order chi connectivity index (χ1) is 17.0. The van der Waals surface area contributed by atoms with Crippen molar-refractivity contribution in [3.63, 3.8) is 0 Å². The Morgan fingerprint density at radius 2 is 0.838 bits per heavy atom. The Kier molecular flexibility index (Phi) is 12.2. The van der Waals surface area contributed by atoms with Gasteiger partial charge in [0, 0.05) is 11.1 Å². The molecular weight excluding hydrogens is 456 g/mol. The number of hydrogen-bond acceptors (Lipinski definition) is 3. The summed E-state index contributed by atoms with van der Waals surface area (Å²) in [6, 6.07) is 8.19. The van der Waals surface area contributed by atoms with E-state index in [4.69, 9.17) is 0 Å². The number of phenolic OH excluding ortho intramolecular Hbond substituents is 3. The molecular formula is C34H50O3. The van der Waals surface area contributed by atoms with Gasteiger partial charge in [0.1, 0.15) is 17.2 Å². The number of aromatic hydroxyl groups is 3. The van der Waals surface area contributed by atoms with E-state index in [0.717, 1.165) is 94.2 Å². The van der Waals surface area contributed by atoms with Gasteiger partial charge in [0.05, 0.1) is 0 Å². The molecule has 0 aromatic heterocycles. The normalized spacial score (nSPS) is 10.5. The maximum absolute atomic E-state index is 11.0. The van der Waals surface area contributed by atoms with Crippen LogP contribution in [0.3, 0.4) is 0 Å². The van der Waals surface area contributed by atoms with Gasteiger partial charge >= 0.3 is 0 Å². The van der Waals surface area contributed by atoms with Crippen molar-refractivity contribution < 1.29 is 15.3 Å². The van der Waals surface area contributed by atoms with Gasteiger partial charge in [0.2, 0.25) is 0 Å². The number of aryl methyl sites for hydroxylation is 6. The lowest BCUT2D eigenvalue weighted by Crippen LogP contribution is -2.00. The van der Waals surface area contributed by atoms with E-state index < -0.39 is 0 Å². The van der Waals surface area contributed by atoms with Crippen molar-refractivity contribution in [3.8, 4) is 28.4 Å². The molecule has 204 valence electrons. The molecule has 3 aromatic carbocycles. The van der Waals surface area contributed by atoms with Crippen molar-refractivity contribution in [3.05, 3.63) is 74.3 Å². The maximum Gasteiger partial charge on any atom is 0.127 e. The minimum absolute atomic E-state index is 0. The molecule has 3 heteroatoms. The molecule has 0 spiro atoms. The van der Waals surface area contributed by atoms with Gasteiger partial charge in [-0.15, -0.1) is 0 Å². The summed E-state index contributed by atoms with van der Waals surface area (Å²) >= 11 is 0. The van der Waals surface area contributed by atoms with Gasteiger partial charge in [-0.3, -0.25) is 0 Å². The van der Waals surface area contributed by atoms with Crippen molar-refractivity contribution in [2.24, 2.45) is 0 Å². The van der Waals surface area contributed by atoms with Gasteiger partial charge in [-0.2, -0.15) is 0 Å². The first kappa shape index (κ1) is 32.1. The zero-order valence-electron chi connectivity index (χ0n) is 23.9. The second-order valence-corrected chi connectivity index (χ2v) is 10.3. The fraction of sp³-hybridized carbons (Fsp3) is 0.471. The minimum atomic E-state index is 0. The van der Waals surface area contributed by atoms with E-state index in [2.05, 4.69) is 45.9 Å². The number of hydrogen-bond donors (Lipinski definition) is 3. The van der Waals surface area contributed by atoms with E-state index in [1.54, 1.807) is 0 Å². The third kappa shape index (κ3) is 7.31. The summed E-state index contributed by atoms with van der Waals surface area (Å²) in [6.45, 7) is 18.5. The van der Waals surface area contributed by atoms with Gasteiger partial charge in [0.15, 0.2) is 0 Å². The van der Waals surface area contributed by atoms with Crippen LogP contribution in [0.4, 0.5) is 0 Å². The molecule has 0 unspecified atom stereocenters. The Labute approximate surface area is 226 Å². The Hall–Kier alpha value is -2.94. The Morgan fingerprint density at radius 3 is 1.19 bits per heavy atom. The van der Waals surface area contributed by atoms with E-state index in [-0.39, 0.29) is 7.43 Å². The second kappa shape index (κ2) is 14.1. The summed E-state index contributed by atoms with van der Waals surface area (Å²) in [7, 11) is 0. The lowest BCUT2D eigenvalue weighted by Gasteiger charge is -2.21. The second-order valence-electron chi connectivity index (χ2n) is 10.3. The lowest BCUT2D eigenvalue weighted by molar-refractivity contribution is 0.460. The molecule has 0 aliphatic heterocycles. The molecule has 37 heavy (non-hydrogen) atoms. The van der Waals surface area contributed by atoms with E-state index in [0.29, 0.717) is 17.2 Å². The summed E-state index contributed by atoms with van der Waals surface area (Å²) in [4.78, 5) is 0. The third-order valence-electron chi connectivity index (χ3n) is 7.00. The summed E-state index contributed by atoms with van der Waals surface area (Å²) in [5.74, 6) is 1.12. The van der Waals surface area contributed by atoms with Crippen molar-refractivity contribution in [2.45, 2.75) is 108 Å². The number of phenols is 3. The highest BCUT2D eigenvalue weighted by atomic mass is 16.3. The number of benzene rings is 3. The molecule has 0 amide bonds. The summed E-state index contributed by atoms with van der Waals surface area (Å²) in [5.41, 5.74) is 11.3. The number of rotatable bonds is 7. The van der Waals surface area contributed by atoms with Crippen LogP contribution in [0.2, 0.25) is 0 Å². The molecule has 3 aromatic rings. The average Bonchev–Trinajstić information content (AvgIpc) is 2.79. The molecule has 0 fully saturated rings. The fourth-order valence-corrected chi connectivity index (χ4v) is 5.33. The van der Waals surface area contributed by atoms with Crippen LogP contribution >= 0.6 is 0 Å². The van der Waals surface area contributed by atoms with Crippen LogP contribution in [0.1, 0.15) is 97.5 Å². The highest BCUT2D eigenvalue weighted by molar-refractivity contribution is 5.84. The molecule has 3 N–H and O–H groups in total. The first-order valence-corrected chi connectivity index (χ1v) is 13.4.